The minimum Gasteiger partial charge on any atom is -0.477 e. The number of ether oxygens (including phenoxy) is 2. The van der Waals surface area contributed by atoms with Crippen molar-refractivity contribution in [1.29, 1.82) is 0 Å². The van der Waals surface area contributed by atoms with Crippen LogP contribution in [0.2, 0.25) is 20.1 Å². The Hall–Kier alpha value is -4.10. The first-order chi connectivity index (χ1) is 40.7. The average Bonchev–Trinajstić information content (AvgIpc) is 1.62. The van der Waals surface area contributed by atoms with E-state index in [2.05, 4.69) is 95.9 Å². The van der Waals surface area contributed by atoms with Gasteiger partial charge in [-0.25, -0.2) is 14.8 Å². The zero-order chi connectivity index (χ0) is 60.3. The number of carboxylic acid groups (broad SMARTS) is 1. The van der Waals surface area contributed by atoms with E-state index in [4.69, 9.17) is 65.9 Å². The van der Waals surface area contributed by atoms with Gasteiger partial charge in [0.15, 0.2) is 10.3 Å². The Kier molecular flexibility index (Phi) is 20.9. The number of amides is 1. The number of halogens is 4. The lowest BCUT2D eigenvalue weighted by molar-refractivity contribution is -0.132. The summed E-state index contributed by atoms with van der Waals surface area (Å²) < 4.78 is 12.3. The van der Waals surface area contributed by atoms with Gasteiger partial charge in [-0.3, -0.25) is 4.79 Å². The molecule has 85 heavy (non-hydrogen) atoms. The second-order valence-corrected chi connectivity index (χ2v) is 28.5. The van der Waals surface area contributed by atoms with E-state index in [1.54, 1.807) is 0 Å². The molecule has 2 N–H and O–H groups in total. The fourth-order valence-corrected chi connectivity index (χ4v) is 16.4. The smallest absolute Gasteiger partial charge is 0.344 e. The summed E-state index contributed by atoms with van der Waals surface area (Å²) >= 11 is 27.6. The summed E-state index contributed by atoms with van der Waals surface area (Å²) in [7, 11) is 4.35. The topological polar surface area (TPSA) is 126 Å². The number of carboxylic acids is 1. The number of benzene rings is 4. The molecule has 0 aromatic heterocycles. The Morgan fingerprint density at radius 1 is 0.588 bits per heavy atom. The number of piperidine rings is 2. The molecule has 19 heteroatoms. The number of carbonyl (C=O) groups is 2. The largest absolute Gasteiger partial charge is 0.477 e. The number of amidine groups is 2. The Morgan fingerprint density at radius 2 is 1.00 bits per heavy atom. The van der Waals surface area contributed by atoms with Crippen molar-refractivity contribution in [2.24, 2.45) is 21.8 Å². The lowest BCUT2D eigenvalue weighted by atomic mass is 9.81. The number of nitrogens with zero attached hydrogens (tertiary/aromatic N) is 7. The zero-order valence-electron chi connectivity index (χ0n) is 50.2. The molecule has 4 aromatic carbocycles. The summed E-state index contributed by atoms with van der Waals surface area (Å²) in [6.45, 7) is 20.7. The summed E-state index contributed by atoms with van der Waals surface area (Å²) in [5.41, 5.74) is 4.88. The molecule has 0 aliphatic carbocycles. The Labute approximate surface area is 531 Å². The van der Waals surface area contributed by atoms with E-state index in [1.165, 1.54) is 68.8 Å². The van der Waals surface area contributed by atoms with Crippen LogP contribution in [-0.4, -0.2) is 143 Å². The molecule has 13 nitrogen and oxygen atoms in total. The molecule has 8 aliphatic heterocycles. The normalized spacial score (nSPS) is 26.4. The highest BCUT2D eigenvalue weighted by molar-refractivity contribution is 8.18. The highest BCUT2D eigenvalue weighted by Crippen LogP contribution is 2.58. The van der Waals surface area contributed by atoms with E-state index in [0.29, 0.717) is 48.9 Å². The second kappa shape index (κ2) is 27.7. The molecule has 6 atom stereocenters. The van der Waals surface area contributed by atoms with Gasteiger partial charge < -0.3 is 44.4 Å². The van der Waals surface area contributed by atoms with Gasteiger partial charge in [0.25, 0.3) is 5.91 Å². The number of hydrogen-bond acceptors (Lipinski definition) is 13. The van der Waals surface area contributed by atoms with Gasteiger partial charge in [-0.15, -0.1) is 0 Å². The number of thioether (sulfide) groups is 2. The van der Waals surface area contributed by atoms with Crippen molar-refractivity contribution in [1.82, 2.24) is 29.8 Å². The third-order valence-corrected chi connectivity index (χ3v) is 21.0. The zero-order valence-corrected chi connectivity index (χ0v) is 54.9. The van der Waals surface area contributed by atoms with Crippen LogP contribution < -0.4 is 5.32 Å². The molecule has 456 valence electrons. The molecule has 0 unspecified atom stereocenters. The summed E-state index contributed by atoms with van der Waals surface area (Å²) in [6, 6.07) is 31.8. The average molecular weight is 1270 g/mol. The van der Waals surface area contributed by atoms with E-state index >= 15 is 0 Å². The number of aliphatic carboxylic acids is 1. The van der Waals surface area contributed by atoms with Crippen molar-refractivity contribution >= 4 is 92.1 Å². The van der Waals surface area contributed by atoms with Crippen LogP contribution in [0.15, 0.2) is 128 Å². The lowest BCUT2D eigenvalue weighted by Gasteiger charge is -2.37. The molecule has 0 radical (unpaired) electrons. The van der Waals surface area contributed by atoms with E-state index in [-0.39, 0.29) is 42.0 Å². The Balaban J connectivity index is 0.000000160. The number of carbonyl (C=O) groups excluding carboxylic acids is 1. The van der Waals surface area contributed by atoms with Crippen molar-refractivity contribution in [2.45, 2.75) is 140 Å². The first kappa shape index (κ1) is 63.9. The predicted molar refractivity (Wildman–Crippen MR) is 350 cm³/mol. The lowest BCUT2D eigenvalue weighted by Crippen LogP contribution is -2.41. The fraction of sp³-hybridized carbons (Fsp3) is 0.515. The van der Waals surface area contributed by atoms with Gasteiger partial charge in [0.05, 0.1) is 43.5 Å². The van der Waals surface area contributed by atoms with E-state index < -0.39 is 17.0 Å². The maximum Gasteiger partial charge on any atom is 0.344 e. The van der Waals surface area contributed by atoms with Gasteiger partial charge in [0.1, 0.15) is 20.9 Å². The van der Waals surface area contributed by atoms with E-state index in [9.17, 15) is 14.7 Å². The number of allylic oxidation sites excluding steroid dienone is 2. The first-order valence-electron chi connectivity index (χ1n) is 30.3. The standard InChI is InChI=1S/C33H40Cl2N4O2S.C22H20Cl2N2O2S.C11H22N2O/c1-21(2)28-29(31(40)38-17-5-6-26(38)20-41-27-15-18-37(4)19-16-27)42-32-36-33(3,23-9-13-25(35)14-10-23)30(39(28)32)22-7-11-24(34)12-8-22;1-12(2)17-18(20(27)28)29-21-25-22(3,14-6-10-16(24)11-7-14)19(26(17)21)13-4-8-15(23)9-5-13;1-13-7-4-11(5-8-13)14-9-10-3-2-6-12-10/h7-14,21,26-27,30H,5-6,15-20H2,1-4H3;4-12,19H,1-3H3,(H,27,28);10-12H,2-9H2,1H3/t26-,30+,33-;19-,22+;10-/m010/s1. The predicted octanol–water partition coefficient (Wildman–Crippen LogP) is 14.5. The maximum absolute atomic E-state index is 14.3. The molecule has 0 spiro atoms. The third-order valence-electron chi connectivity index (χ3n) is 17.9. The van der Waals surface area contributed by atoms with Gasteiger partial charge in [-0.2, -0.15) is 0 Å². The van der Waals surface area contributed by atoms with Crippen LogP contribution in [0.25, 0.3) is 0 Å². The Morgan fingerprint density at radius 3 is 1.41 bits per heavy atom. The Bertz CT molecular complexity index is 3130. The molecular formula is C66H82Cl4N8O5S2. The minimum atomic E-state index is -0.918. The highest BCUT2D eigenvalue weighted by Gasteiger charge is 2.55. The van der Waals surface area contributed by atoms with Crippen molar-refractivity contribution in [3.05, 3.63) is 161 Å². The molecule has 0 saturated carbocycles. The molecule has 0 bridgehead atoms. The van der Waals surface area contributed by atoms with E-state index in [0.717, 1.165) is 95.6 Å². The van der Waals surface area contributed by atoms with Crippen LogP contribution in [-0.2, 0) is 30.1 Å². The number of likely N-dealkylation sites (tertiary alicyclic amines) is 3. The monoisotopic (exact) mass is 1270 g/mol. The van der Waals surface area contributed by atoms with Crippen LogP contribution in [0.4, 0.5) is 0 Å². The molecule has 8 heterocycles. The van der Waals surface area contributed by atoms with Gasteiger partial charge in [-0.1, -0.05) is 123 Å². The van der Waals surface area contributed by atoms with Gasteiger partial charge in [0, 0.05) is 70.3 Å². The van der Waals surface area contributed by atoms with Gasteiger partial charge in [-0.05, 0) is 192 Å². The van der Waals surface area contributed by atoms with Crippen molar-refractivity contribution in [3.8, 4) is 0 Å². The fourth-order valence-electron chi connectivity index (χ4n) is 13.2. The van der Waals surface area contributed by atoms with Crippen molar-refractivity contribution in [3.63, 3.8) is 0 Å². The maximum atomic E-state index is 14.3. The van der Waals surface area contributed by atoms with Crippen LogP contribution >= 0.6 is 69.9 Å². The SMILES string of the molecule is CC(C)C1=C(C(=O)N2CCC[C@H]2COC2CCN(C)CC2)SC2=N[C@@](C)(c3ccc(Cl)cc3)[C@@H](c3ccc(Cl)cc3)N21.CC(C)C1=C(C(=O)O)SC2=N[C@@](C)(c3ccc(Cl)cc3)[C@@H](c3ccc(Cl)cc3)N21.CN1CCC(OC[C@@H]2CCCN2)CC1. The summed E-state index contributed by atoms with van der Waals surface area (Å²) in [5, 5.41) is 17.5. The number of hydrogen-bond donors (Lipinski definition) is 2. The van der Waals surface area contributed by atoms with E-state index in [1.807, 2.05) is 86.6 Å². The minimum absolute atomic E-state index is 0.0312. The van der Waals surface area contributed by atoms with Crippen LogP contribution in [0.1, 0.15) is 127 Å². The molecular weight excluding hydrogens is 1190 g/mol. The number of fused-ring (bicyclic) bond motifs is 2. The highest BCUT2D eigenvalue weighted by atomic mass is 35.5. The molecule has 4 fully saturated rings. The summed E-state index contributed by atoms with van der Waals surface area (Å²) in [4.78, 5) is 49.0. The van der Waals surface area contributed by atoms with Crippen LogP contribution in [0, 0.1) is 11.8 Å². The van der Waals surface area contributed by atoms with Gasteiger partial charge in [0.2, 0.25) is 0 Å². The summed E-state index contributed by atoms with van der Waals surface area (Å²) in [6.07, 6.45) is 9.96. The molecule has 1 amide bonds. The number of aliphatic imine (C=N–C) groups is 2. The first-order valence-corrected chi connectivity index (χ1v) is 33.4. The van der Waals surface area contributed by atoms with Crippen LogP contribution in [0.3, 0.4) is 0 Å². The molecule has 4 aromatic rings. The van der Waals surface area contributed by atoms with Gasteiger partial charge >= 0.3 is 5.97 Å². The molecule has 8 aliphatic rings. The third kappa shape index (κ3) is 14.2. The quantitative estimate of drug-likeness (QED) is 0.125. The molecule has 4 saturated heterocycles. The van der Waals surface area contributed by atoms with Crippen LogP contribution in [0.5, 0.6) is 0 Å². The molecule has 12 rings (SSSR count). The van der Waals surface area contributed by atoms with Crippen molar-refractivity contribution < 1.29 is 24.2 Å². The second-order valence-electron chi connectivity index (χ2n) is 24.8. The van der Waals surface area contributed by atoms with Crippen molar-refractivity contribution in [2.75, 3.05) is 66.6 Å². The number of rotatable bonds is 14. The summed E-state index contributed by atoms with van der Waals surface area (Å²) in [5.74, 6) is -0.649. The number of nitrogens with one attached hydrogen (secondary N) is 1.